The number of aromatic nitrogens is 3. The largest absolute Gasteiger partial charge is 0.435 e. The predicted molar refractivity (Wildman–Crippen MR) is 57.4 cm³/mol. The summed E-state index contributed by atoms with van der Waals surface area (Å²) >= 11 is 0. The van der Waals surface area contributed by atoms with Gasteiger partial charge in [0.2, 0.25) is 5.82 Å². The third-order valence-electron chi connectivity index (χ3n) is 1.97. The lowest BCUT2D eigenvalue weighted by molar-refractivity contribution is -0.0498. The Bertz CT molecular complexity index is 513. The van der Waals surface area contributed by atoms with E-state index in [1.54, 1.807) is 0 Å². The number of anilines is 1. The zero-order chi connectivity index (χ0) is 13.0. The van der Waals surface area contributed by atoms with E-state index in [1.807, 2.05) is 0 Å². The monoisotopic (exact) mass is 254 g/mol. The number of nitrogens with zero attached hydrogens (tertiary/aromatic N) is 2. The number of nitrogens with one attached hydrogen (secondary N) is 2. The van der Waals surface area contributed by atoms with Crippen molar-refractivity contribution in [2.75, 3.05) is 5.32 Å². The maximum Gasteiger partial charge on any atom is 0.387 e. The number of hydrogen-bond acceptors (Lipinski definition) is 4. The van der Waals surface area contributed by atoms with Crippen LogP contribution in [0.25, 0.3) is 0 Å². The molecular weight excluding hydrogens is 246 g/mol. The van der Waals surface area contributed by atoms with Crippen molar-refractivity contribution in [1.82, 2.24) is 15.2 Å². The fourth-order valence-electron chi connectivity index (χ4n) is 1.22. The van der Waals surface area contributed by atoms with Gasteiger partial charge in [0.25, 0.3) is 5.91 Å². The fourth-order valence-corrected chi connectivity index (χ4v) is 1.22. The molecule has 1 aromatic heterocycles. The maximum absolute atomic E-state index is 11.9. The molecule has 94 valence electrons. The Morgan fingerprint density at radius 1 is 1.33 bits per heavy atom. The molecule has 8 heteroatoms. The number of alkyl halides is 2. The molecular formula is C10H8F2N4O2. The standard InChI is InChI=1S/C10H8F2N4O2/c11-10(12)18-7-3-1-6(2-4-7)15-9(17)8-13-5-14-16-8/h1-5,10H,(H,15,17)(H,13,14,16). The van der Waals surface area contributed by atoms with Gasteiger partial charge in [0.05, 0.1) is 0 Å². The topological polar surface area (TPSA) is 79.9 Å². The molecule has 6 nitrogen and oxygen atoms in total. The third-order valence-corrected chi connectivity index (χ3v) is 1.97. The Morgan fingerprint density at radius 3 is 2.61 bits per heavy atom. The second-order valence-electron chi connectivity index (χ2n) is 3.19. The van der Waals surface area contributed by atoms with E-state index in [2.05, 4.69) is 25.2 Å². The molecule has 0 fully saturated rings. The number of aromatic amines is 1. The van der Waals surface area contributed by atoms with E-state index in [-0.39, 0.29) is 11.6 Å². The molecule has 1 amide bonds. The van der Waals surface area contributed by atoms with Gasteiger partial charge < -0.3 is 10.1 Å². The Kier molecular flexibility index (Phi) is 3.46. The van der Waals surface area contributed by atoms with Gasteiger partial charge in [-0.25, -0.2) is 4.98 Å². The summed E-state index contributed by atoms with van der Waals surface area (Å²) in [7, 11) is 0. The van der Waals surface area contributed by atoms with Crippen LogP contribution in [-0.4, -0.2) is 27.7 Å². The quantitative estimate of drug-likeness (QED) is 0.869. The van der Waals surface area contributed by atoms with E-state index in [0.29, 0.717) is 5.69 Å². The molecule has 0 spiro atoms. The molecule has 0 atom stereocenters. The van der Waals surface area contributed by atoms with Crippen molar-refractivity contribution in [3.8, 4) is 5.75 Å². The summed E-state index contributed by atoms with van der Waals surface area (Å²) in [4.78, 5) is 15.2. The predicted octanol–water partition coefficient (Wildman–Crippen LogP) is 1.66. The average molecular weight is 254 g/mol. The van der Waals surface area contributed by atoms with Crippen LogP contribution < -0.4 is 10.1 Å². The molecule has 0 unspecified atom stereocenters. The molecule has 0 aliphatic heterocycles. The van der Waals surface area contributed by atoms with Gasteiger partial charge in [-0.15, -0.1) is 0 Å². The van der Waals surface area contributed by atoms with E-state index in [4.69, 9.17) is 0 Å². The van der Waals surface area contributed by atoms with Crippen LogP contribution in [0.15, 0.2) is 30.6 Å². The van der Waals surface area contributed by atoms with Crippen LogP contribution in [0.2, 0.25) is 0 Å². The molecule has 2 aromatic rings. The summed E-state index contributed by atoms with van der Waals surface area (Å²) in [6, 6.07) is 5.52. The lowest BCUT2D eigenvalue weighted by Crippen LogP contribution is -2.13. The van der Waals surface area contributed by atoms with Crippen molar-refractivity contribution in [1.29, 1.82) is 0 Å². The minimum atomic E-state index is -2.88. The van der Waals surface area contributed by atoms with Gasteiger partial charge in [0.15, 0.2) is 0 Å². The Labute approximate surface area is 100.0 Å². The Balaban J connectivity index is 2.00. The van der Waals surface area contributed by atoms with E-state index < -0.39 is 12.5 Å². The van der Waals surface area contributed by atoms with Crippen molar-refractivity contribution in [3.05, 3.63) is 36.4 Å². The van der Waals surface area contributed by atoms with Gasteiger partial charge in [0, 0.05) is 5.69 Å². The van der Waals surface area contributed by atoms with Crippen LogP contribution in [0.3, 0.4) is 0 Å². The van der Waals surface area contributed by atoms with Crippen molar-refractivity contribution < 1.29 is 18.3 Å². The molecule has 1 aromatic carbocycles. The first-order valence-electron chi connectivity index (χ1n) is 4.87. The first kappa shape index (κ1) is 12.0. The van der Waals surface area contributed by atoms with Crippen LogP contribution in [0, 0.1) is 0 Å². The van der Waals surface area contributed by atoms with Gasteiger partial charge >= 0.3 is 6.61 Å². The van der Waals surface area contributed by atoms with E-state index in [1.165, 1.54) is 30.6 Å². The first-order valence-corrected chi connectivity index (χ1v) is 4.87. The van der Waals surface area contributed by atoms with Gasteiger partial charge in [-0.1, -0.05) is 0 Å². The van der Waals surface area contributed by atoms with Gasteiger partial charge in [-0.05, 0) is 24.3 Å². The van der Waals surface area contributed by atoms with Gasteiger partial charge in [-0.3, -0.25) is 9.89 Å². The second-order valence-corrected chi connectivity index (χ2v) is 3.19. The molecule has 0 saturated heterocycles. The van der Waals surface area contributed by atoms with Crippen molar-refractivity contribution in [3.63, 3.8) is 0 Å². The number of carbonyl (C=O) groups excluding carboxylic acids is 1. The number of halogens is 2. The normalized spacial score (nSPS) is 10.4. The van der Waals surface area contributed by atoms with Crippen molar-refractivity contribution >= 4 is 11.6 Å². The number of amides is 1. The van der Waals surface area contributed by atoms with Crippen molar-refractivity contribution in [2.24, 2.45) is 0 Å². The zero-order valence-corrected chi connectivity index (χ0v) is 8.93. The maximum atomic E-state index is 11.9. The highest BCUT2D eigenvalue weighted by molar-refractivity contribution is 6.01. The molecule has 0 aliphatic carbocycles. The van der Waals surface area contributed by atoms with Crippen LogP contribution in [0.5, 0.6) is 5.75 Å². The summed E-state index contributed by atoms with van der Waals surface area (Å²) in [6.07, 6.45) is 1.20. The average Bonchev–Trinajstić information content (AvgIpc) is 2.84. The molecule has 0 bridgehead atoms. The number of ether oxygens (including phenoxy) is 1. The number of H-pyrrole nitrogens is 1. The van der Waals surface area contributed by atoms with E-state index in [9.17, 15) is 13.6 Å². The van der Waals surface area contributed by atoms with Crippen LogP contribution >= 0.6 is 0 Å². The second kappa shape index (κ2) is 5.21. The molecule has 0 saturated carbocycles. The zero-order valence-electron chi connectivity index (χ0n) is 8.93. The molecule has 0 aliphatic rings. The van der Waals surface area contributed by atoms with Crippen LogP contribution in [-0.2, 0) is 0 Å². The summed E-state index contributed by atoms with van der Waals surface area (Å²) < 4.78 is 28.0. The number of rotatable bonds is 4. The highest BCUT2D eigenvalue weighted by atomic mass is 19.3. The molecule has 2 N–H and O–H groups in total. The van der Waals surface area contributed by atoms with Crippen LogP contribution in [0.4, 0.5) is 14.5 Å². The SMILES string of the molecule is O=C(Nc1ccc(OC(F)F)cc1)c1ncn[nH]1. The van der Waals surface area contributed by atoms with Crippen LogP contribution in [0.1, 0.15) is 10.6 Å². The third kappa shape index (κ3) is 3.00. The number of carbonyl (C=O) groups is 1. The minimum absolute atomic E-state index is 0.0164. The highest BCUT2D eigenvalue weighted by Gasteiger charge is 2.09. The van der Waals surface area contributed by atoms with Gasteiger partial charge in [-0.2, -0.15) is 13.9 Å². The highest BCUT2D eigenvalue weighted by Crippen LogP contribution is 2.17. The van der Waals surface area contributed by atoms with E-state index in [0.717, 1.165) is 0 Å². The summed E-state index contributed by atoms with van der Waals surface area (Å²) in [5.41, 5.74) is 0.429. The van der Waals surface area contributed by atoms with Crippen molar-refractivity contribution in [2.45, 2.75) is 6.61 Å². The van der Waals surface area contributed by atoms with E-state index >= 15 is 0 Å². The fraction of sp³-hybridized carbons (Fsp3) is 0.100. The summed E-state index contributed by atoms with van der Waals surface area (Å²) in [5.74, 6) is -0.402. The molecule has 2 rings (SSSR count). The number of hydrogen-bond donors (Lipinski definition) is 2. The lowest BCUT2D eigenvalue weighted by atomic mass is 10.3. The number of benzene rings is 1. The lowest BCUT2D eigenvalue weighted by Gasteiger charge is -2.06. The molecule has 18 heavy (non-hydrogen) atoms. The van der Waals surface area contributed by atoms with Gasteiger partial charge in [0.1, 0.15) is 12.1 Å². The minimum Gasteiger partial charge on any atom is -0.435 e. The Morgan fingerprint density at radius 2 is 2.06 bits per heavy atom. The smallest absolute Gasteiger partial charge is 0.387 e. The Hall–Kier alpha value is -2.51. The molecule has 1 heterocycles. The first-order chi connectivity index (χ1) is 8.65. The summed E-state index contributed by atoms with van der Waals surface area (Å²) in [5, 5.41) is 8.44. The molecule has 0 radical (unpaired) electrons. The summed E-state index contributed by atoms with van der Waals surface area (Å²) in [6.45, 7) is -2.88.